The molecule has 0 aliphatic heterocycles. The lowest BCUT2D eigenvalue weighted by Crippen LogP contribution is -2.52. The molecule has 0 aliphatic rings. The first-order valence-corrected chi connectivity index (χ1v) is 4.40. The molecule has 0 fully saturated rings. The summed E-state index contributed by atoms with van der Waals surface area (Å²) >= 11 is 0. The molecule has 0 aliphatic carbocycles. The molecule has 0 bridgehead atoms. The van der Waals surface area contributed by atoms with E-state index in [4.69, 9.17) is 10.2 Å². The zero-order valence-electron chi connectivity index (χ0n) is 8.67. The van der Waals surface area contributed by atoms with Gasteiger partial charge in [0, 0.05) is 0 Å². The summed E-state index contributed by atoms with van der Waals surface area (Å²) in [5.74, 6) is -0.838. The van der Waals surface area contributed by atoms with Crippen LogP contribution in [-0.4, -0.2) is 54.3 Å². The minimum Gasteiger partial charge on any atom is -0.394 e. The summed E-state index contributed by atoms with van der Waals surface area (Å²) in [6.07, 6.45) is -4.49. The van der Waals surface area contributed by atoms with Gasteiger partial charge in [-0.3, -0.25) is 4.79 Å². The fourth-order valence-corrected chi connectivity index (χ4v) is 0.761. The summed E-state index contributed by atoms with van der Waals surface area (Å²) in [7, 11) is 0. The van der Waals surface area contributed by atoms with E-state index in [-0.39, 0.29) is 0 Å². The molecule has 0 aromatic rings. The molecule has 0 saturated heterocycles. The van der Waals surface area contributed by atoms with E-state index in [1.807, 2.05) is 0 Å². The quantitative estimate of drug-likeness (QED) is 0.585. The largest absolute Gasteiger partial charge is 0.411 e. The summed E-state index contributed by atoms with van der Waals surface area (Å²) in [4.78, 5) is 11.0. The fourth-order valence-electron chi connectivity index (χ4n) is 0.761. The van der Waals surface area contributed by atoms with Gasteiger partial charge in [-0.25, -0.2) is 0 Å². The van der Waals surface area contributed by atoms with Crippen molar-refractivity contribution in [3.05, 3.63) is 0 Å². The summed E-state index contributed by atoms with van der Waals surface area (Å²) in [5, 5.41) is 19.7. The van der Waals surface area contributed by atoms with Crippen molar-refractivity contribution < 1.29 is 32.9 Å². The summed E-state index contributed by atoms with van der Waals surface area (Å²) in [5.41, 5.74) is -1.27. The predicted molar refractivity (Wildman–Crippen MR) is 47.6 cm³/mol. The Bertz CT molecular complexity index is 228. The SMILES string of the molecule is CC(CO)(CO)NC(=O)COCC(F)(F)F. The Balaban J connectivity index is 3.91. The molecule has 0 unspecified atom stereocenters. The number of alkyl halides is 3. The molecule has 0 heterocycles. The minimum atomic E-state index is -4.49. The Morgan fingerprint density at radius 3 is 2.19 bits per heavy atom. The first-order chi connectivity index (χ1) is 7.22. The van der Waals surface area contributed by atoms with Gasteiger partial charge in [-0.1, -0.05) is 0 Å². The molecule has 3 N–H and O–H groups in total. The van der Waals surface area contributed by atoms with Crippen molar-refractivity contribution >= 4 is 5.91 Å². The van der Waals surface area contributed by atoms with Gasteiger partial charge in [0.25, 0.3) is 0 Å². The lowest BCUT2D eigenvalue weighted by molar-refractivity contribution is -0.176. The highest BCUT2D eigenvalue weighted by molar-refractivity contribution is 5.78. The first-order valence-electron chi connectivity index (χ1n) is 4.40. The molecule has 96 valence electrons. The van der Waals surface area contributed by atoms with E-state index in [0.29, 0.717) is 0 Å². The number of aliphatic hydroxyl groups excluding tert-OH is 2. The van der Waals surface area contributed by atoms with Crippen molar-refractivity contribution in [2.45, 2.75) is 18.6 Å². The zero-order valence-corrected chi connectivity index (χ0v) is 8.67. The van der Waals surface area contributed by atoms with E-state index in [1.54, 1.807) is 0 Å². The highest BCUT2D eigenvalue weighted by Crippen LogP contribution is 2.14. The maximum atomic E-state index is 11.6. The molecule has 16 heavy (non-hydrogen) atoms. The third kappa shape index (κ3) is 6.59. The topological polar surface area (TPSA) is 78.8 Å². The average Bonchev–Trinajstić information content (AvgIpc) is 2.15. The number of halogens is 3. The van der Waals surface area contributed by atoms with Crippen molar-refractivity contribution in [1.29, 1.82) is 0 Å². The predicted octanol–water partition coefficient (Wildman–Crippen LogP) is -0.575. The standard InChI is InChI=1S/C8H14F3NO4/c1-7(3-13,4-14)12-6(15)2-16-5-8(9,10)11/h13-14H,2-5H2,1H3,(H,12,15). The van der Waals surface area contributed by atoms with Crippen LogP contribution < -0.4 is 5.32 Å². The Labute approximate surface area is 90.2 Å². The molecular formula is C8H14F3NO4. The molecule has 1 amide bonds. The number of ether oxygens (including phenoxy) is 1. The number of rotatable bonds is 6. The molecule has 8 heteroatoms. The third-order valence-corrected chi connectivity index (χ3v) is 1.64. The summed E-state index contributed by atoms with van der Waals surface area (Å²) in [6, 6.07) is 0. The lowest BCUT2D eigenvalue weighted by Gasteiger charge is -2.26. The van der Waals surface area contributed by atoms with Crippen LogP contribution in [0.4, 0.5) is 13.2 Å². The van der Waals surface area contributed by atoms with Gasteiger partial charge in [0.05, 0.1) is 18.8 Å². The number of aliphatic hydroxyl groups is 2. The first kappa shape index (κ1) is 15.1. The summed E-state index contributed by atoms with van der Waals surface area (Å²) in [6.45, 7) is -2.03. The van der Waals surface area contributed by atoms with Gasteiger partial charge in [-0.2, -0.15) is 13.2 Å². The van der Waals surface area contributed by atoms with Gasteiger partial charge in [0.1, 0.15) is 13.2 Å². The van der Waals surface area contributed by atoms with Crippen LogP contribution in [0.5, 0.6) is 0 Å². The fraction of sp³-hybridized carbons (Fsp3) is 0.875. The second-order valence-corrected chi connectivity index (χ2v) is 3.53. The number of hydrogen-bond donors (Lipinski definition) is 3. The third-order valence-electron chi connectivity index (χ3n) is 1.64. The van der Waals surface area contributed by atoms with Crippen molar-refractivity contribution in [2.75, 3.05) is 26.4 Å². The van der Waals surface area contributed by atoms with Crippen LogP contribution in [0, 0.1) is 0 Å². The van der Waals surface area contributed by atoms with E-state index in [0.717, 1.165) is 0 Å². The second-order valence-electron chi connectivity index (χ2n) is 3.53. The van der Waals surface area contributed by atoms with Gasteiger partial charge in [-0.15, -0.1) is 0 Å². The van der Waals surface area contributed by atoms with Crippen molar-refractivity contribution in [3.8, 4) is 0 Å². The van der Waals surface area contributed by atoms with E-state index in [1.165, 1.54) is 6.92 Å². The molecule has 0 radical (unpaired) electrons. The van der Waals surface area contributed by atoms with Gasteiger partial charge < -0.3 is 20.3 Å². The zero-order chi connectivity index (χ0) is 12.8. The number of amides is 1. The van der Waals surface area contributed by atoms with Crippen LogP contribution in [0.25, 0.3) is 0 Å². The van der Waals surface area contributed by atoms with Crippen LogP contribution in [-0.2, 0) is 9.53 Å². The van der Waals surface area contributed by atoms with E-state index in [2.05, 4.69) is 10.1 Å². The number of carbonyl (C=O) groups is 1. The minimum absolute atomic E-state index is 0.533. The average molecular weight is 245 g/mol. The Kier molecular flexibility index (Phi) is 5.70. The molecule has 0 saturated carbocycles. The highest BCUT2D eigenvalue weighted by Gasteiger charge is 2.29. The van der Waals surface area contributed by atoms with Crippen LogP contribution in [0.15, 0.2) is 0 Å². The maximum Gasteiger partial charge on any atom is 0.411 e. The smallest absolute Gasteiger partial charge is 0.394 e. The molecular weight excluding hydrogens is 231 g/mol. The monoisotopic (exact) mass is 245 g/mol. The van der Waals surface area contributed by atoms with Crippen LogP contribution in [0.1, 0.15) is 6.92 Å². The molecule has 0 aromatic carbocycles. The van der Waals surface area contributed by atoms with E-state index in [9.17, 15) is 18.0 Å². The molecule has 0 atom stereocenters. The van der Waals surface area contributed by atoms with Crippen LogP contribution in [0.3, 0.4) is 0 Å². The highest BCUT2D eigenvalue weighted by atomic mass is 19.4. The van der Waals surface area contributed by atoms with Gasteiger partial charge in [0.15, 0.2) is 0 Å². The van der Waals surface area contributed by atoms with Crippen LogP contribution in [0.2, 0.25) is 0 Å². The number of carbonyl (C=O) groups excluding carboxylic acids is 1. The maximum absolute atomic E-state index is 11.6. The normalized spacial score (nSPS) is 12.6. The molecule has 5 nitrogen and oxygen atoms in total. The van der Waals surface area contributed by atoms with E-state index >= 15 is 0 Å². The van der Waals surface area contributed by atoms with Crippen molar-refractivity contribution in [3.63, 3.8) is 0 Å². The lowest BCUT2D eigenvalue weighted by atomic mass is 10.1. The molecule has 0 aromatic heterocycles. The number of hydrogen-bond acceptors (Lipinski definition) is 4. The van der Waals surface area contributed by atoms with Gasteiger partial charge >= 0.3 is 6.18 Å². The van der Waals surface area contributed by atoms with E-state index < -0.39 is 44.0 Å². The Morgan fingerprint density at radius 2 is 1.81 bits per heavy atom. The van der Waals surface area contributed by atoms with Crippen molar-refractivity contribution in [1.82, 2.24) is 5.32 Å². The van der Waals surface area contributed by atoms with Crippen LogP contribution >= 0.6 is 0 Å². The second kappa shape index (κ2) is 6.02. The van der Waals surface area contributed by atoms with Gasteiger partial charge in [-0.05, 0) is 6.92 Å². The van der Waals surface area contributed by atoms with Crippen molar-refractivity contribution in [2.24, 2.45) is 0 Å². The van der Waals surface area contributed by atoms with Gasteiger partial charge in [0.2, 0.25) is 5.91 Å². The Morgan fingerprint density at radius 1 is 1.31 bits per heavy atom. The number of nitrogens with one attached hydrogen (secondary N) is 1. The Hall–Kier alpha value is -0.860. The molecule has 0 spiro atoms. The molecule has 0 rings (SSSR count). The summed E-state index contributed by atoms with van der Waals surface area (Å²) < 4.78 is 39.0.